The lowest BCUT2D eigenvalue weighted by Gasteiger charge is -2.17. The predicted octanol–water partition coefficient (Wildman–Crippen LogP) is 1.16. The molecule has 0 aromatic heterocycles. The molecule has 1 N–H and O–H groups in total. The van der Waals surface area contributed by atoms with Gasteiger partial charge in [-0.3, -0.25) is 9.59 Å². The zero-order valence-electron chi connectivity index (χ0n) is 10.1. The normalized spacial score (nSPS) is 22.7. The summed E-state index contributed by atoms with van der Waals surface area (Å²) in [5, 5.41) is 9.11. The molecule has 1 unspecified atom stereocenters. The monoisotopic (exact) mass is 245 g/mol. The first kappa shape index (κ1) is 11.4. The summed E-state index contributed by atoms with van der Waals surface area (Å²) in [5.74, 6) is 0.281. The van der Waals surface area contributed by atoms with Gasteiger partial charge in [0, 0.05) is 43.2 Å². The summed E-state index contributed by atoms with van der Waals surface area (Å²) < 4.78 is 0. The maximum Gasteiger partial charge on any atom is 0.227 e. The number of Topliss-reactive ketones (excluding diaryl/α,β-unsaturated/α-hetero) is 1. The van der Waals surface area contributed by atoms with E-state index >= 15 is 0 Å². The average Bonchev–Trinajstić information content (AvgIpc) is 2.93. The number of carbonyl (C=O) groups excluding carboxylic acids is 2. The summed E-state index contributed by atoms with van der Waals surface area (Å²) in [6.07, 6.45) is 1.76. The Kier molecular flexibility index (Phi) is 2.67. The van der Waals surface area contributed by atoms with Crippen LogP contribution in [0.25, 0.3) is 0 Å². The van der Waals surface area contributed by atoms with E-state index in [1.54, 1.807) is 4.90 Å². The highest BCUT2D eigenvalue weighted by molar-refractivity contribution is 6.02. The molecule has 2 aliphatic rings. The standard InChI is InChI=1S/C14H15NO3/c16-8-9-5-14(18)15(7-9)11-2-3-12-10(6-11)1-4-13(12)17/h2-3,6,9,16H,1,4-5,7-8H2. The molecule has 0 bridgehead atoms. The largest absolute Gasteiger partial charge is 0.396 e. The number of anilines is 1. The second-order valence-corrected chi connectivity index (χ2v) is 5.02. The van der Waals surface area contributed by atoms with Crippen molar-refractivity contribution in [3.8, 4) is 0 Å². The van der Waals surface area contributed by atoms with Crippen molar-refractivity contribution in [2.75, 3.05) is 18.1 Å². The number of nitrogens with zero attached hydrogens (tertiary/aromatic N) is 1. The van der Waals surface area contributed by atoms with E-state index < -0.39 is 0 Å². The number of rotatable bonds is 2. The average molecular weight is 245 g/mol. The zero-order chi connectivity index (χ0) is 12.7. The van der Waals surface area contributed by atoms with Gasteiger partial charge in [-0.05, 0) is 30.2 Å². The van der Waals surface area contributed by atoms with Crippen molar-refractivity contribution in [3.05, 3.63) is 29.3 Å². The zero-order valence-corrected chi connectivity index (χ0v) is 10.1. The van der Waals surface area contributed by atoms with Gasteiger partial charge < -0.3 is 10.0 Å². The lowest BCUT2D eigenvalue weighted by molar-refractivity contribution is -0.117. The number of hydrogen-bond acceptors (Lipinski definition) is 3. The van der Waals surface area contributed by atoms with E-state index in [0.29, 0.717) is 19.4 Å². The molecule has 1 amide bonds. The van der Waals surface area contributed by atoms with Crippen molar-refractivity contribution in [2.24, 2.45) is 5.92 Å². The molecule has 1 aromatic rings. The molecular formula is C14H15NO3. The summed E-state index contributed by atoms with van der Waals surface area (Å²) in [5.41, 5.74) is 2.69. The molecule has 1 atom stereocenters. The first-order valence-corrected chi connectivity index (χ1v) is 6.26. The molecule has 4 heteroatoms. The van der Waals surface area contributed by atoms with Crippen molar-refractivity contribution in [1.82, 2.24) is 0 Å². The Balaban J connectivity index is 1.90. The van der Waals surface area contributed by atoms with Gasteiger partial charge in [0.15, 0.2) is 5.78 Å². The van der Waals surface area contributed by atoms with Crippen molar-refractivity contribution >= 4 is 17.4 Å². The second kappa shape index (κ2) is 4.21. The summed E-state index contributed by atoms with van der Waals surface area (Å²) in [4.78, 5) is 25.1. The highest BCUT2D eigenvalue weighted by atomic mass is 16.3. The highest BCUT2D eigenvalue weighted by Gasteiger charge is 2.31. The van der Waals surface area contributed by atoms with Crippen molar-refractivity contribution in [2.45, 2.75) is 19.3 Å². The molecule has 1 aliphatic carbocycles. The number of amides is 1. The third-order valence-electron chi connectivity index (χ3n) is 3.79. The molecule has 1 fully saturated rings. The van der Waals surface area contributed by atoms with E-state index in [-0.39, 0.29) is 24.2 Å². The van der Waals surface area contributed by atoms with Crippen molar-refractivity contribution in [3.63, 3.8) is 0 Å². The van der Waals surface area contributed by atoms with Gasteiger partial charge in [0.1, 0.15) is 0 Å². The van der Waals surface area contributed by atoms with Gasteiger partial charge in [-0.1, -0.05) is 0 Å². The number of aliphatic hydroxyl groups excluding tert-OH is 1. The third kappa shape index (κ3) is 1.73. The molecular weight excluding hydrogens is 230 g/mol. The van der Waals surface area contributed by atoms with Gasteiger partial charge in [0.25, 0.3) is 0 Å². The smallest absolute Gasteiger partial charge is 0.227 e. The lowest BCUT2D eigenvalue weighted by atomic mass is 10.1. The Morgan fingerprint density at radius 1 is 1.28 bits per heavy atom. The fraction of sp³-hybridized carbons (Fsp3) is 0.429. The summed E-state index contributed by atoms with van der Waals surface area (Å²) in [6.45, 7) is 0.619. The highest BCUT2D eigenvalue weighted by Crippen LogP contribution is 2.30. The Morgan fingerprint density at radius 2 is 2.11 bits per heavy atom. The van der Waals surface area contributed by atoms with Crippen LogP contribution >= 0.6 is 0 Å². The molecule has 1 saturated heterocycles. The van der Waals surface area contributed by atoms with Crippen LogP contribution in [-0.4, -0.2) is 29.9 Å². The van der Waals surface area contributed by atoms with Crippen LogP contribution in [0.1, 0.15) is 28.8 Å². The molecule has 1 heterocycles. The van der Waals surface area contributed by atoms with E-state index in [0.717, 1.165) is 23.2 Å². The Morgan fingerprint density at radius 3 is 2.83 bits per heavy atom. The van der Waals surface area contributed by atoms with Crippen molar-refractivity contribution in [1.29, 1.82) is 0 Å². The van der Waals surface area contributed by atoms with E-state index in [9.17, 15) is 9.59 Å². The SMILES string of the molecule is O=C1CCc2cc(N3CC(CO)CC3=O)ccc21. The summed E-state index contributed by atoms with van der Waals surface area (Å²) in [7, 11) is 0. The van der Waals surface area contributed by atoms with Crippen LogP contribution in [0.2, 0.25) is 0 Å². The Labute approximate surface area is 105 Å². The number of fused-ring (bicyclic) bond motifs is 1. The van der Waals surface area contributed by atoms with E-state index in [2.05, 4.69) is 0 Å². The number of aryl methyl sites for hydroxylation is 1. The molecule has 94 valence electrons. The quantitative estimate of drug-likeness (QED) is 0.850. The fourth-order valence-electron chi connectivity index (χ4n) is 2.76. The minimum Gasteiger partial charge on any atom is -0.396 e. The van der Waals surface area contributed by atoms with Crippen LogP contribution in [0.15, 0.2) is 18.2 Å². The molecule has 0 saturated carbocycles. The van der Waals surface area contributed by atoms with Crippen LogP contribution in [-0.2, 0) is 11.2 Å². The molecule has 0 radical (unpaired) electrons. The molecule has 18 heavy (non-hydrogen) atoms. The minimum absolute atomic E-state index is 0.0346. The lowest BCUT2D eigenvalue weighted by Crippen LogP contribution is -2.25. The van der Waals surface area contributed by atoms with Gasteiger partial charge in [0.2, 0.25) is 5.91 Å². The van der Waals surface area contributed by atoms with Crippen LogP contribution in [0.4, 0.5) is 5.69 Å². The maximum atomic E-state index is 11.9. The summed E-state index contributed by atoms with van der Waals surface area (Å²) in [6, 6.07) is 5.59. The molecule has 0 spiro atoms. The van der Waals surface area contributed by atoms with E-state index in [4.69, 9.17) is 5.11 Å². The van der Waals surface area contributed by atoms with Crippen LogP contribution in [0.5, 0.6) is 0 Å². The molecule has 1 aliphatic heterocycles. The van der Waals surface area contributed by atoms with Crippen LogP contribution < -0.4 is 4.90 Å². The minimum atomic E-state index is 0.0346. The van der Waals surface area contributed by atoms with Gasteiger partial charge in [-0.25, -0.2) is 0 Å². The Bertz CT molecular complexity index is 524. The first-order valence-electron chi connectivity index (χ1n) is 6.26. The van der Waals surface area contributed by atoms with Gasteiger partial charge >= 0.3 is 0 Å². The number of aliphatic hydroxyl groups is 1. The van der Waals surface area contributed by atoms with Gasteiger partial charge in [-0.2, -0.15) is 0 Å². The predicted molar refractivity (Wildman–Crippen MR) is 66.6 cm³/mol. The molecule has 3 rings (SSSR count). The summed E-state index contributed by atoms with van der Waals surface area (Å²) >= 11 is 0. The first-order chi connectivity index (χ1) is 8.69. The maximum absolute atomic E-state index is 11.9. The molecule has 4 nitrogen and oxygen atoms in total. The number of hydrogen-bond donors (Lipinski definition) is 1. The van der Waals surface area contributed by atoms with Crippen molar-refractivity contribution < 1.29 is 14.7 Å². The van der Waals surface area contributed by atoms with Gasteiger partial charge in [-0.15, -0.1) is 0 Å². The number of ketones is 1. The van der Waals surface area contributed by atoms with Crippen LogP contribution in [0.3, 0.4) is 0 Å². The molecule has 1 aromatic carbocycles. The van der Waals surface area contributed by atoms with E-state index in [1.165, 1.54) is 0 Å². The second-order valence-electron chi connectivity index (χ2n) is 5.02. The number of benzene rings is 1. The third-order valence-corrected chi connectivity index (χ3v) is 3.79. The fourth-order valence-corrected chi connectivity index (χ4v) is 2.76. The van der Waals surface area contributed by atoms with E-state index in [1.807, 2.05) is 18.2 Å². The van der Waals surface area contributed by atoms with Crippen LogP contribution in [0, 0.1) is 5.92 Å². The van der Waals surface area contributed by atoms with Gasteiger partial charge in [0.05, 0.1) is 0 Å². The topological polar surface area (TPSA) is 57.6 Å². The number of carbonyl (C=O) groups is 2. The Hall–Kier alpha value is -1.68.